The molecule has 0 heterocycles. The summed E-state index contributed by atoms with van der Waals surface area (Å²) in [6, 6.07) is 48.1. The smallest absolute Gasteiger partial charge is 0.0540 e. The van der Waals surface area contributed by atoms with E-state index in [4.69, 9.17) is 0 Å². The predicted octanol–water partition coefficient (Wildman–Crippen LogP) is 14.3. The van der Waals surface area contributed by atoms with Crippen LogP contribution in [0.25, 0.3) is 33.4 Å². The quantitative estimate of drug-likeness (QED) is 0.175. The van der Waals surface area contributed by atoms with Gasteiger partial charge < -0.3 is 4.90 Å². The maximum atomic E-state index is 2.52. The Hall–Kier alpha value is -4.88. The van der Waals surface area contributed by atoms with Gasteiger partial charge in [0.2, 0.25) is 0 Å². The summed E-state index contributed by atoms with van der Waals surface area (Å²) in [5.74, 6) is 0. The Morgan fingerprint density at radius 3 is 1.65 bits per heavy atom. The topological polar surface area (TPSA) is 3.24 Å². The van der Waals surface area contributed by atoms with E-state index in [-0.39, 0.29) is 21.7 Å². The molecule has 0 spiro atoms. The zero-order valence-electron chi connectivity index (χ0n) is 32.8. The molecule has 1 heteroatoms. The Morgan fingerprint density at radius 2 is 1.02 bits per heavy atom. The summed E-state index contributed by atoms with van der Waals surface area (Å²) >= 11 is 0. The molecular formula is C51H53N. The summed E-state index contributed by atoms with van der Waals surface area (Å²) in [5.41, 5.74) is 20.0. The van der Waals surface area contributed by atoms with Gasteiger partial charge in [-0.2, -0.15) is 0 Å². The minimum absolute atomic E-state index is 0.0629. The lowest BCUT2D eigenvalue weighted by atomic mass is 9.74. The number of hydrogen-bond donors (Lipinski definition) is 0. The van der Waals surface area contributed by atoms with Crippen molar-refractivity contribution in [2.45, 2.75) is 91.9 Å². The van der Waals surface area contributed by atoms with Crippen LogP contribution >= 0.6 is 0 Å². The van der Waals surface area contributed by atoms with Crippen LogP contribution < -0.4 is 4.90 Å². The molecule has 0 fully saturated rings. The van der Waals surface area contributed by atoms with Crippen molar-refractivity contribution in [1.29, 1.82) is 0 Å². The molecule has 0 bridgehead atoms. The monoisotopic (exact) mass is 679 g/mol. The summed E-state index contributed by atoms with van der Waals surface area (Å²) in [6.45, 7) is 23.8. The lowest BCUT2D eigenvalue weighted by Gasteiger charge is -2.32. The van der Waals surface area contributed by atoms with E-state index in [1.165, 1.54) is 83.8 Å². The first-order chi connectivity index (χ1) is 24.6. The fraction of sp³-hybridized carbons (Fsp3) is 0.294. The molecular weight excluding hydrogens is 627 g/mol. The number of rotatable bonds is 5. The number of nitrogens with zero attached hydrogens (tertiary/aromatic N) is 1. The van der Waals surface area contributed by atoms with E-state index in [2.05, 4.69) is 202 Å². The van der Waals surface area contributed by atoms with Gasteiger partial charge in [-0.3, -0.25) is 0 Å². The minimum Gasteiger partial charge on any atom is -0.310 e. The highest BCUT2D eigenvalue weighted by Gasteiger charge is 2.40. The molecule has 2 aliphatic carbocycles. The Morgan fingerprint density at radius 1 is 0.481 bits per heavy atom. The van der Waals surface area contributed by atoms with Crippen molar-refractivity contribution in [2.24, 2.45) is 5.41 Å². The van der Waals surface area contributed by atoms with Crippen molar-refractivity contribution in [2.75, 3.05) is 4.90 Å². The second-order valence-corrected chi connectivity index (χ2v) is 18.5. The first-order valence-electron chi connectivity index (χ1n) is 19.1. The second kappa shape index (κ2) is 11.8. The molecule has 1 nitrogen and oxygen atoms in total. The summed E-state index contributed by atoms with van der Waals surface area (Å²) in [4.78, 5) is 2.51. The van der Waals surface area contributed by atoms with Gasteiger partial charge in [-0.1, -0.05) is 166 Å². The molecule has 6 aromatic carbocycles. The van der Waals surface area contributed by atoms with E-state index in [0.29, 0.717) is 0 Å². The third-order valence-corrected chi connectivity index (χ3v) is 11.7. The van der Waals surface area contributed by atoms with E-state index in [0.717, 1.165) is 6.42 Å². The summed E-state index contributed by atoms with van der Waals surface area (Å²) in [7, 11) is 0. The van der Waals surface area contributed by atoms with Crippen molar-refractivity contribution in [3.05, 3.63) is 161 Å². The zero-order valence-corrected chi connectivity index (χ0v) is 32.8. The van der Waals surface area contributed by atoms with Gasteiger partial charge in [-0.15, -0.1) is 0 Å². The van der Waals surface area contributed by atoms with Crippen molar-refractivity contribution in [3.63, 3.8) is 0 Å². The minimum atomic E-state index is -0.149. The Labute approximate surface area is 312 Å². The van der Waals surface area contributed by atoms with Crippen LogP contribution in [-0.2, 0) is 22.7 Å². The molecule has 6 aromatic rings. The lowest BCUT2D eigenvalue weighted by Crippen LogP contribution is -2.22. The average molecular weight is 680 g/mol. The number of para-hydroxylation sites is 1. The van der Waals surface area contributed by atoms with E-state index < -0.39 is 0 Å². The molecule has 0 saturated heterocycles. The number of fused-ring (bicyclic) bond motifs is 6. The van der Waals surface area contributed by atoms with Gasteiger partial charge in [0.15, 0.2) is 0 Å². The van der Waals surface area contributed by atoms with Gasteiger partial charge >= 0.3 is 0 Å². The first kappa shape index (κ1) is 34.2. The predicted molar refractivity (Wildman–Crippen MR) is 224 cm³/mol. The van der Waals surface area contributed by atoms with Crippen LogP contribution in [0.15, 0.2) is 127 Å². The van der Waals surface area contributed by atoms with Gasteiger partial charge in [-0.05, 0) is 109 Å². The molecule has 0 radical (unpaired) electrons. The maximum absolute atomic E-state index is 2.52. The van der Waals surface area contributed by atoms with E-state index in [9.17, 15) is 0 Å². The second-order valence-electron chi connectivity index (χ2n) is 18.5. The molecule has 0 atom stereocenters. The number of hydrogen-bond acceptors (Lipinski definition) is 1. The van der Waals surface area contributed by atoms with Gasteiger partial charge in [0.05, 0.1) is 5.69 Å². The van der Waals surface area contributed by atoms with Crippen LogP contribution in [-0.4, -0.2) is 0 Å². The van der Waals surface area contributed by atoms with Crippen molar-refractivity contribution < 1.29 is 0 Å². The summed E-state index contributed by atoms with van der Waals surface area (Å²) in [5, 5.41) is 0. The molecule has 0 unspecified atom stereocenters. The third kappa shape index (κ3) is 5.52. The van der Waals surface area contributed by atoms with Crippen LogP contribution in [0.4, 0.5) is 17.1 Å². The van der Waals surface area contributed by atoms with Gasteiger partial charge in [0.25, 0.3) is 0 Å². The SMILES string of the molecule is CC(C)(C)Cc1cc(C(C)(C)C)cc2c1C(C)(C)c1cc(N(c3ccc4c(c3)C(C)(C)c3ccccc3-4)c3ccccc3-c3ccccc3)ccc1-2. The van der Waals surface area contributed by atoms with Crippen molar-refractivity contribution in [3.8, 4) is 33.4 Å². The molecule has 0 N–H and O–H groups in total. The highest BCUT2D eigenvalue weighted by molar-refractivity contribution is 5.92. The van der Waals surface area contributed by atoms with E-state index >= 15 is 0 Å². The van der Waals surface area contributed by atoms with Gasteiger partial charge in [-0.25, -0.2) is 0 Å². The van der Waals surface area contributed by atoms with Crippen LogP contribution in [0, 0.1) is 5.41 Å². The fourth-order valence-corrected chi connectivity index (χ4v) is 9.14. The van der Waals surface area contributed by atoms with Crippen molar-refractivity contribution >= 4 is 17.1 Å². The van der Waals surface area contributed by atoms with Crippen LogP contribution in [0.3, 0.4) is 0 Å². The maximum Gasteiger partial charge on any atom is 0.0540 e. The highest BCUT2D eigenvalue weighted by Crippen LogP contribution is 2.55. The van der Waals surface area contributed by atoms with Gasteiger partial charge in [0.1, 0.15) is 0 Å². The highest BCUT2D eigenvalue weighted by atomic mass is 15.1. The Balaban J connectivity index is 1.35. The summed E-state index contributed by atoms with van der Waals surface area (Å²) in [6.07, 6.45) is 1.05. The van der Waals surface area contributed by atoms with Gasteiger partial charge in [0, 0.05) is 27.8 Å². The van der Waals surface area contributed by atoms with Crippen LogP contribution in [0.5, 0.6) is 0 Å². The standard InChI is InChI=1S/C51H53N/c1-48(2,3)32-34-28-35(49(4,5)6)29-42-41-27-25-37(31-45(41)51(9,10)47(34)42)52(46-23-17-15-20-38(46)33-18-12-11-13-19-33)36-24-26-40-39-21-14-16-22-43(39)50(7,8)44(40)30-36/h11-31H,32H2,1-10H3. The number of anilines is 3. The average Bonchev–Trinajstić information content (AvgIpc) is 3.47. The largest absolute Gasteiger partial charge is 0.310 e. The van der Waals surface area contributed by atoms with E-state index in [1.54, 1.807) is 0 Å². The Bertz CT molecular complexity index is 2340. The normalized spacial score (nSPS) is 15.1. The molecule has 262 valence electrons. The first-order valence-corrected chi connectivity index (χ1v) is 19.1. The molecule has 0 aliphatic heterocycles. The molecule has 0 aromatic heterocycles. The van der Waals surface area contributed by atoms with Crippen LogP contribution in [0.1, 0.15) is 103 Å². The van der Waals surface area contributed by atoms with Crippen molar-refractivity contribution in [1.82, 2.24) is 0 Å². The fourth-order valence-electron chi connectivity index (χ4n) is 9.14. The van der Waals surface area contributed by atoms with Crippen LogP contribution in [0.2, 0.25) is 0 Å². The lowest BCUT2D eigenvalue weighted by molar-refractivity contribution is 0.407. The molecule has 8 rings (SSSR count). The molecule has 0 amide bonds. The molecule has 52 heavy (non-hydrogen) atoms. The third-order valence-electron chi connectivity index (χ3n) is 11.7. The molecule has 2 aliphatic rings. The molecule has 0 saturated carbocycles. The van der Waals surface area contributed by atoms with E-state index in [1.807, 2.05) is 0 Å². The number of benzene rings is 6. The Kier molecular flexibility index (Phi) is 7.78. The summed E-state index contributed by atoms with van der Waals surface area (Å²) < 4.78 is 0. The zero-order chi connectivity index (χ0) is 36.8.